The number of aryl methyl sites for hydroxylation is 1. The van der Waals surface area contributed by atoms with Gasteiger partial charge in [-0.05, 0) is 35.0 Å². The molecule has 2 rings (SSSR count). The number of hydrogen-bond donors (Lipinski definition) is 0. The van der Waals surface area contributed by atoms with E-state index in [0.29, 0.717) is 15.5 Å². The molecule has 1 aromatic heterocycles. The van der Waals surface area contributed by atoms with Gasteiger partial charge in [0.1, 0.15) is 10.4 Å². The van der Waals surface area contributed by atoms with Gasteiger partial charge >= 0.3 is 0 Å². The van der Waals surface area contributed by atoms with Gasteiger partial charge in [0.25, 0.3) is 0 Å². The second-order valence-electron chi connectivity index (χ2n) is 2.74. The fraction of sp³-hybridized carbons (Fsp3) is 0.222. The molecular weight excluding hydrogens is 235 g/mol. The Morgan fingerprint density at radius 2 is 2.31 bits per heavy atom. The summed E-state index contributed by atoms with van der Waals surface area (Å²) < 4.78 is 15.8. The third kappa shape index (κ3) is 1.25. The van der Waals surface area contributed by atoms with Crippen LogP contribution in [0.2, 0.25) is 0 Å². The van der Waals surface area contributed by atoms with Gasteiger partial charge < -0.3 is 0 Å². The van der Waals surface area contributed by atoms with Gasteiger partial charge in [-0.1, -0.05) is 6.07 Å². The third-order valence-electron chi connectivity index (χ3n) is 1.95. The number of benzene rings is 1. The first-order chi connectivity index (χ1) is 6.24. The van der Waals surface area contributed by atoms with Crippen LogP contribution in [0.4, 0.5) is 4.39 Å². The molecule has 0 radical (unpaired) electrons. The topological polar surface area (TPSA) is 17.8 Å². The first-order valence-electron chi connectivity index (χ1n) is 4.04. The van der Waals surface area contributed by atoms with Crippen molar-refractivity contribution in [2.75, 3.05) is 0 Å². The highest BCUT2D eigenvalue weighted by Crippen LogP contribution is 2.25. The zero-order valence-corrected chi connectivity index (χ0v) is 8.68. The summed E-state index contributed by atoms with van der Waals surface area (Å²) in [5.74, 6) is -0.232. The maximum absolute atomic E-state index is 13.3. The second-order valence-corrected chi connectivity index (χ2v) is 3.49. The summed E-state index contributed by atoms with van der Waals surface area (Å²) in [6.07, 6.45) is 0. The van der Waals surface area contributed by atoms with Crippen LogP contribution in [0.25, 0.3) is 10.9 Å². The van der Waals surface area contributed by atoms with Crippen LogP contribution in [0.5, 0.6) is 0 Å². The van der Waals surface area contributed by atoms with E-state index in [1.165, 1.54) is 6.07 Å². The molecule has 0 saturated carbocycles. The van der Waals surface area contributed by atoms with E-state index in [4.69, 9.17) is 0 Å². The molecule has 0 amide bonds. The zero-order chi connectivity index (χ0) is 9.42. The molecule has 4 heteroatoms. The molecule has 68 valence electrons. The fourth-order valence-corrected chi connectivity index (χ4v) is 2.04. The molecule has 0 fully saturated rings. The van der Waals surface area contributed by atoms with Crippen LogP contribution in [0.1, 0.15) is 6.92 Å². The van der Waals surface area contributed by atoms with E-state index in [0.717, 1.165) is 6.54 Å². The lowest BCUT2D eigenvalue weighted by Crippen LogP contribution is -1.95. The predicted octanol–water partition coefficient (Wildman–Crippen LogP) is 2.96. The van der Waals surface area contributed by atoms with E-state index in [2.05, 4.69) is 21.0 Å². The van der Waals surface area contributed by atoms with Crippen LogP contribution in [0.15, 0.2) is 22.8 Å². The van der Waals surface area contributed by atoms with Crippen LogP contribution >= 0.6 is 15.9 Å². The Kier molecular flexibility index (Phi) is 2.07. The summed E-state index contributed by atoms with van der Waals surface area (Å²) in [6.45, 7) is 2.70. The Morgan fingerprint density at radius 3 is 2.92 bits per heavy atom. The Morgan fingerprint density at radius 1 is 1.54 bits per heavy atom. The summed E-state index contributed by atoms with van der Waals surface area (Å²) in [7, 11) is 0. The van der Waals surface area contributed by atoms with Crippen molar-refractivity contribution in [3.63, 3.8) is 0 Å². The molecule has 0 aliphatic carbocycles. The molecule has 1 heterocycles. The maximum atomic E-state index is 13.3. The van der Waals surface area contributed by atoms with Gasteiger partial charge in [0, 0.05) is 6.54 Å². The monoisotopic (exact) mass is 242 g/mol. The van der Waals surface area contributed by atoms with Crippen molar-refractivity contribution in [2.45, 2.75) is 13.5 Å². The average Bonchev–Trinajstić information content (AvgIpc) is 2.44. The van der Waals surface area contributed by atoms with Crippen LogP contribution < -0.4 is 0 Å². The van der Waals surface area contributed by atoms with Crippen LogP contribution in [0.3, 0.4) is 0 Å². The van der Waals surface area contributed by atoms with E-state index in [1.54, 1.807) is 16.8 Å². The number of nitrogens with zero attached hydrogens (tertiary/aromatic N) is 2. The number of fused-ring (bicyclic) bond motifs is 1. The molecule has 13 heavy (non-hydrogen) atoms. The van der Waals surface area contributed by atoms with Crippen molar-refractivity contribution in [3.8, 4) is 0 Å². The van der Waals surface area contributed by atoms with Crippen LogP contribution in [-0.2, 0) is 6.54 Å². The molecule has 0 atom stereocenters. The minimum absolute atomic E-state index is 0.232. The van der Waals surface area contributed by atoms with E-state index in [9.17, 15) is 4.39 Å². The molecule has 0 spiro atoms. The van der Waals surface area contributed by atoms with Crippen molar-refractivity contribution in [1.82, 2.24) is 9.78 Å². The van der Waals surface area contributed by atoms with Crippen molar-refractivity contribution < 1.29 is 4.39 Å². The molecular formula is C9H8BrFN2. The SMILES string of the molecule is CCn1nc2cccc(F)c2c1Br. The van der Waals surface area contributed by atoms with E-state index in [1.807, 2.05) is 6.92 Å². The highest BCUT2D eigenvalue weighted by atomic mass is 79.9. The molecule has 2 aromatic rings. The minimum atomic E-state index is -0.232. The van der Waals surface area contributed by atoms with Crippen molar-refractivity contribution in [1.29, 1.82) is 0 Å². The maximum Gasteiger partial charge on any atom is 0.135 e. The van der Waals surface area contributed by atoms with E-state index in [-0.39, 0.29) is 5.82 Å². The van der Waals surface area contributed by atoms with E-state index < -0.39 is 0 Å². The number of rotatable bonds is 1. The number of aromatic nitrogens is 2. The average molecular weight is 243 g/mol. The summed E-state index contributed by atoms with van der Waals surface area (Å²) in [4.78, 5) is 0. The Labute approximate surface area is 83.5 Å². The first-order valence-corrected chi connectivity index (χ1v) is 4.84. The summed E-state index contributed by atoms with van der Waals surface area (Å²) >= 11 is 3.32. The Balaban J connectivity index is 2.85. The van der Waals surface area contributed by atoms with Gasteiger partial charge in [-0.25, -0.2) is 4.39 Å². The van der Waals surface area contributed by atoms with Crippen LogP contribution in [-0.4, -0.2) is 9.78 Å². The molecule has 2 nitrogen and oxygen atoms in total. The predicted molar refractivity (Wildman–Crippen MR) is 53.1 cm³/mol. The molecule has 0 bridgehead atoms. The lowest BCUT2D eigenvalue weighted by molar-refractivity contribution is 0.634. The molecule has 1 aromatic carbocycles. The van der Waals surface area contributed by atoms with Gasteiger partial charge in [-0.15, -0.1) is 0 Å². The zero-order valence-electron chi connectivity index (χ0n) is 7.09. The summed E-state index contributed by atoms with van der Waals surface area (Å²) in [6, 6.07) is 4.90. The summed E-state index contributed by atoms with van der Waals surface area (Å²) in [5.41, 5.74) is 0.689. The van der Waals surface area contributed by atoms with Crippen molar-refractivity contribution in [2.24, 2.45) is 0 Å². The summed E-state index contributed by atoms with van der Waals surface area (Å²) in [5, 5.41) is 4.78. The Bertz CT molecular complexity index is 450. The minimum Gasteiger partial charge on any atom is -0.257 e. The normalized spacial score (nSPS) is 11.0. The largest absolute Gasteiger partial charge is 0.257 e. The lowest BCUT2D eigenvalue weighted by atomic mass is 10.2. The van der Waals surface area contributed by atoms with Gasteiger partial charge in [0.05, 0.1) is 10.9 Å². The Hall–Kier alpha value is -0.900. The number of halogens is 2. The standard InChI is InChI=1S/C9H8BrFN2/c1-2-13-9(10)8-6(11)4-3-5-7(8)12-13/h3-5H,2H2,1H3. The first kappa shape index (κ1) is 8.69. The third-order valence-corrected chi connectivity index (χ3v) is 2.76. The van der Waals surface area contributed by atoms with Gasteiger partial charge in [-0.3, -0.25) is 4.68 Å². The molecule has 0 aliphatic rings. The fourth-order valence-electron chi connectivity index (χ4n) is 1.31. The quantitative estimate of drug-likeness (QED) is 0.752. The lowest BCUT2D eigenvalue weighted by Gasteiger charge is -1.95. The second kappa shape index (κ2) is 3.10. The highest BCUT2D eigenvalue weighted by Gasteiger charge is 2.10. The molecule has 0 unspecified atom stereocenters. The van der Waals surface area contributed by atoms with Crippen molar-refractivity contribution in [3.05, 3.63) is 28.6 Å². The number of hydrogen-bond acceptors (Lipinski definition) is 1. The van der Waals surface area contributed by atoms with Gasteiger partial charge in [-0.2, -0.15) is 5.10 Å². The van der Waals surface area contributed by atoms with Gasteiger partial charge in [0.15, 0.2) is 0 Å². The highest BCUT2D eigenvalue weighted by molar-refractivity contribution is 9.10. The molecule has 0 saturated heterocycles. The van der Waals surface area contributed by atoms with Gasteiger partial charge in [0.2, 0.25) is 0 Å². The molecule has 0 aliphatic heterocycles. The van der Waals surface area contributed by atoms with Crippen molar-refractivity contribution >= 4 is 26.8 Å². The smallest absolute Gasteiger partial charge is 0.135 e. The van der Waals surface area contributed by atoms with Crippen LogP contribution in [0, 0.1) is 5.82 Å². The molecule has 0 N–H and O–H groups in total. The van der Waals surface area contributed by atoms with E-state index >= 15 is 0 Å².